The number of thioether (sulfide) groups is 1. The summed E-state index contributed by atoms with van der Waals surface area (Å²) in [5.41, 5.74) is 0.863. The first-order valence-corrected chi connectivity index (χ1v) is 8.67. The smallest absolute Gasteiger partial charge is 0.230 e. The van der Waals surface area contributed by atoms with Crippen LogP contribution in [0.4, 0.5) is 5.82 Å². The van der Waals surface area contributed by atoms with Crippen LogP contribution in [0.15, 0.2) is 52.2 Å². The fourth-order valence-corrected chi connectivity index (χ4v) is 2.88. The number of hydrogen-bond donors (Lipinski definition) is 2. The van der Waals surface area contributed by atoms with Crippen molar-refractivity contribution in [2.45, 2.75) is 18.6 Å². The predicted molar refractivity (Wildman–Crippen MR) is 95.0 cm³/mol. The van der Waals surface area contributed by atoms with Crippen LogP contribution in [0, 0.1) is 0 Å². The Bertz CT molecular complexity index is 821. The summed E-state index contributed by atoms with van der Waals surface area (Å²) in [5.74, 6) is 1.69. The molecule has 6 nitrogen and oxygen atoms in total. The maximum Gasteiger partial charge on any atom is 0.230 e. The summed E-state index contributed by atoms with van der Waals surface area (Å²) in [6.45, 7) is 3.17. The zero-order chi connectivity index (χ0) is 16.8. The van der Waals surface area contributed by atoms with E-state index in [1.807, 2.05) is 37.3 Å². The molecule has 0 aliphatic heterocycles. The Hall–Kier alpha value is -2.54. The van der Waals surface area contributed by atoms with Gasteiger partial charge in [-0.3, -0.25) is 4.79 Å². The van der Waals surface area contributed by atoms with Crippen molar-refractivity contribution in [2.75, 3.05) is 17.6 Å². The molecule has 1 amide bonds. The van der Waals surface area contributed by atoms with Gasteiger partial charge in [-0.15, -0.1) is 0 Å². The highest BCUT2D eigenvalue weighted by Gasteiger charge is 2.10. The van der Waals surface area contributed by atoms with E-state index in [0.29, 0.717) is 11.7 Å². The molecule has 24 heavy (non-hydrogen) atoms. The SMILES string of the molecule is CCNc1nc(SCC(=O)NCc2ccco2)nc2ccccc12. The summed E-state index contributed by atoms with van der Waals surface area (Å²) in [5, 5.41) is 7.61. The van der Waals surface area contributed by atoms with E-state index in [-0.39, 0.29) is 11.7 Å². The Morgan fingerprint density at radius 2 is 2.08 bits per heavy atom. The van der Waals surface area contributed by atoms with E-state index in [1.54, 1.807) is 12.3 Å². The van der Waals surface area contributed by atoms with Crippen LogP contribution in [-0.2, 0) is 11.3 Å². The van der Waals surface area contributed by atoms with E-state index in [4.69, 9.17) is 4.42 Å². The van der Waals surface area contributed by atoms with Crippen molar-refractivity contribution in [3.63, 3.8) is 0 Å². The van der Waals surface area contributed by atoms with Crippen LogP contribution >= 0.6 is 11.8 Å². The van der Waals surface area contributed by atoms with Crippen LogP contribution in [0.1, 0.15) is 12.7 Å². The van der Waals surface area contributed by atoms with Gasteiger partial charge in [0.15, 0.2) is 5.16 Å². The molecule has 2 heterocycles. The highest BCUT2D eigenvalue weighted by atomic mass is 32.2. The van der Waals surface area contributed by atoms with E-state index in [1.165, 1.54) is 11.8 Å². The highest BCUT2D eigenvalue weighted by molar-refractivity contribution is 7.99. The van der Waals surface area contributed by atoms with Gasteiger partial charge in [0.25, 0.3) is 0 Å². The molecule has 3 rings (SSSR count). The van der Waals surface area contributed by atoms with Crippen molar-refractivity contribution in [2.24, 2.45) is 0 Å². The number of hydrogen-bond acceptors (Lipinski definition) is 6. The molecule has 0 spiro atoms. The Balaban J connectivity index is 1.65. The number of carbonyl (C=O) groups is 1. The molecule has 2 N–H and O–H groups in total. The Morgan fingerprint density at radius 1 is 1.21 bits per heavy atom. The fourth-order valence-electron chi connectivity index (χ4n) is 2.20. The number of para-hydroxylation sites is 1. The summed E-state index contributed by atoms with van der Waals surface area (Å²) in [4.78, 5) is 21.0. The molecular weight excluding hydrogens is 324 g/mol. The molecule has 0 aliphatic rings. The molecule has 1 aromatic carbocycles. The van der Waals surface area contributed by atoms with Crippen LogP contribution in [-0.4, -0.2) is 28.2 Å². The van der Waals surface area contributed by atoms with Crippen LogP contribution in [0.3, 0.4) is 0 Å². The van der Waals surface area contributed by atoms with Gasteiger partial charge in [0, 0.05) is 11.9 Å². The minimum atomic E-state index is -0.0850. The van der Waals surface area contributed by atoms with Gasteiger partial charge in [-0.1, -0.05) is 23.9 Å². The van der Waals surface area contributed by atoms with E-state index in [2.05, 4.69) is 20.6 Å². The molecular formula is C17H18N4O2S. The fraction of sp³-hybridized carbons (Fsp3) is 0.235. The van der Waals surface area contributed by atoms with E-state index in [9.17, 15) is 4.79 Å². The minimum absolute atomic E-state index is 0.0850. The van der Waals surface area contributed by atoms with Crippen molar-refractivity contribution in [1.29, 1.82) is 0 Å². The summed E-state index contributed by atoms with van der Waals surface area (Å²) < 4.78 is 5.18. The number of nitrogens with zero attached hydrogens (tertiary/aromatic N) is 2. The van der Waals surface area contributed by atoms with E-state index >= 15 is 0 Å². The molecule has 0 unspecified atom stereocenters. The number of anilines is 1. The Labute approximate surface area is 144 Å². The topological polar surface area (TPSA) is 80.0 Å². The number of carbonyl (C=O) groups excluding carboxylic acids is 1. The second kappa shape index (κ2) is 7.83. The molecule has 0 radical (unpaired) electrons. The Kier molecular flexibility index (Phi) is 5.32. The molecule has 0 aliphatic carbocycles. The first-order valence-electron chi connectivity index (χ1n) is 7.69. The van der Waals surface area contributed by atoms with Crippen LogP contribution < -0.4 is 10.6 Å². The number of furan rings is 1. The standard InChI is InChI=1S/C17H18N4O2S/c1-2-18-16-13-7-3-4-8-14(13)20-17(21-16)24-11-15(22)19-10-12-6-5-9-23-12/h3-9H,2,10-11H2,1H3,(H,19,22)(H,18,20,21). The largest absolute Gasteiger partial charge is 0.467 e. The molecule has 0 saturated carbocycles. The summed E-state index contributed by atoms with van der Waals surface area (Å²) >= 11 is 1.32. The van der Waals surface area contributed by atoms with Gasteiger partial charge in [-0.05, 0) is 31.2 Å². The quantitative estimate of drug-likeness (QED) is 0.507. The third-order valence-electron chi connectivity index (χ3n) is 3.30. The molecule has 7 heteroatoms. The monoisotopic (exact) mass is 342 g/mol. The van der Waals surface area contributed by atoms with E-state index in [0.717, 1.165) is 29.0 Å². The second-order valence-corrected chi connectivity index (χ2v) is 5.99. The maximum absolute atomic E-state index is 11.9. The third-order valence-corrected chi connectivity index (χ3v) is 4.15. The van der Waals surface area contributed by atoms with Crippen molar-refractivity contribution < 1.29 is 9.21 Å². The number of fused-ring (bicyclic) bond motifs is 1. The van der Waals surface area contributed by atoms with Gasteiger partial charge in [-0.25, -0.2) is 9.97 Å². The zero-order valence-electron chi connectivity index (χ0n) is 13.3. The summed E-state index contributed by atoms with van der Waals surface area (Å²) in [6, 6.07) is 11.4. The highest BCUT2D eigenvalue weighted by Crippen LogP contribution is 2.24. The third kappa shape index (κ3) is 4.05. The number of aromatic nitrogens is 2. The molecule has 2 aromatic heterocycles. The molecule has 0 fully saturated rings. The average Bonchev–Trinajstić information content (AvgIpc) is 3.12. The molecule has 0 saturated heterocycles. The lowest BCUT2D eigenvalue weighted by Crippen LogP contribution is -2.24. The number of rotatable bonds is 7. The second-order valence-electron chi connectivity index (χ2n) is 5.05. The number of nitrogens with one attached hydrogen (secondary N) is 2. The van der Waals surface area contributed by atoms with Crippen LogP contribution in [0.5, 0.6) is 0 Å². The molecule has 124 valence electrons. The molecule has 3 aromatic rings. The minimum Gasteiger partial charge on any atom is -0.467 e. The van der Waals surface area contributed by atoms with Crippen LogP contribution in [0.2, 0.25) is 0 Å². The van der Waals surface area contributed by atoms with Gasteiger partial charge in [0.2, 0.25) is 5.91 Å². The summed E-state index contributed by atoms with van der Waals surface area (Å²) in [6.07, 6.45) is 1.58. The lowest BCUT2D eigenvalue weighted by molar-refractivity contribution is -0.118. The lowest BCUT2D eigenvalue weighted by Gasteiger charge is -2.09. The average molecular weight is 342 g/mol. The van der Waals surface area contributed by atoms with Crippen molar-refractivity contribution >= 4 is 34.4 Å². The van der Waals surface area contributed by atoms with Gasteiger partial charge in [0.05, 0.1) is 24.1 Å². The number of benzene rings is 1. The van der Waals surface area contributed by atoms with Crippen LogP contribution in [0.25, 0.3) is 10.9 Å². The summed E-state index contributed by atoms with van der Waals surface area (Å²) in [7, 11) is 0. The van der Waals surface area contributed by atoms with Gasteiger partial charge in [-0.2, -0.15) is 0 Å². The lowest BCUT2D eigenvalue weighted by atomic mass is 10.2. The van der Waals surface area contributed by atoms with E-state index < -0.39 is 0 Å². The van der Waals surface area contributed by atoms with Crippen molar-refractivity contribution in [3.05, 3.63) is 48.4 Å². The van der Waals surface area contributed by atoms with Crippen molar-refractivity contribution in [3.8, 4) is 0 Å². The first-order chi connectivity index (χ1) is 11.8. The predicted octanol–water partition coefficient (Wildman–Crippen LogP) is 3.06. The molecule has 0 atom stereocenters. The van der Waals surface area contributed by atoms with Gasteiger partial charge < -0.3 is 15.1 Å². The number of amides is 1. The van der Waals surface area contributed by atoms with Gasteiger partial charge in [0.1, 0.15) is 11.6 Å². The van der Waals surface area contributed by atoms with Gasteiger partial charge >= 0.3 is 0 Å². The van der Waals surface area contributed by atoms with Crippen molar-refractivity contribution in [1.82, 2.24) is 15.3 Å². The zero-order valence-corrected chi connectivity index (χ0v) is 14.1. The maximum atomic E-state index is 11.9. The first kappa shape index (κ1) is 16.3. The Morgan fingerprint density at radius 3 is 2.88 bits per heavy atom. The molecule has 0 bridgehead atoms. The normalized spacial score (nSPS) is 10.7.